The lowest BCUT2D eigenvalue weighted by Gasteiger charge is -2.03. The number of benzene rings is 1. The molecular formula is C12H12N2O. The lowest BCUT2D eigenvalue weighted by Crippen LogP contribution is -1.93. The molecule has 1 aromatic heterocycles. The second-order valence-corrected chi connectivity index (χ2v) is 3.39. The van der Waals surface area contributed by atoms with Crippen LogP contribution in [0.1, 0.15) is 11.3 Å². The van der Waals surface area contributed by atoms with Gasteiger partial charge in [-0.2, -0.15) is 0 Å². The number of anilines is 1. The maximum atomic E-state index is 9.54. The molecule has 2 aromatic rings. The van der Waals surface area contributed by atoms with Gasteiger partial charge in [0.15, 0.2) is 0 Å². The van der Waals surface area contributed by atoms with E-state index in [9.17, 15) is 5.11 Å². The van der Waals surface area contributed by atoms with Gasteiger partial charge in [0.1, 0.15) is 5.75 Å². The molecule has 0 spiro atoms. The maximum Gasteiger partial charge on any atom is 0.137 e. The van der Waals surface area contributed by atoms with Crippen molar-refractivity contribution in [3.8, 4) is 5.75 Å². The fraction of sp³-hybridized carbons (Fsp3) is 0.0833. The molecule has 3 nitrogen and oxygen atoms in total. The van der Waals surface area contributed by atoms with Gasteiger partial charge >= 0.3 is 0 Å². The summed E-state index contributed by atoms with van der Waals surface area (Å²) in [5.41, 5.74) is 8.09. The lowest BCUT2D eigenvalue weighted by molar-refractivity contribution is 0.465. The van der Waals surface area contributed by atoms with Crippen LogP contribution in [0.2, 0.25) is 0 Å². The Labute approximate surface area is 88.2 Å². The van der Waals surface area contributed by atoms with Crippen LogP contribution in [0.4, 0.5) is 5.69 Å². The van der Waals surface area contributed by atoms with E-state index in [1.807, 2.05) is 24.3 Å². The Hall–Kier alpha value is -2.03. The summed E-state index contributed by atoms with van der Waals surface area (Å²) >= 11 is 0. The third-order valence-corrected chi connectivity index (χ3v) is 2.22. The van der Waals surface area contributed by atoms with Crippen molar-refractivity contribution in [1.82, 2.24) is 4.98 Å². The summed E-state index contributed by atoms with van der Waals surface area (Å²) in [4.78, 5) is 4.11. The molecule has 0 fully saturated rings. The molecule has 3 N–H and O–H groups in total. The van der Waals surface area contributed by atoms with Gasteiger partial charge in [-0.1, -0.05) is 12.1 Å². The Morgan fingerprint density at radius 1 is 1.13 bits per heavy atom. The minimum Gasteiger partial charge on any atom is -0.506 e. The zero-order valence-electron chi connectivity index (χ0n) is 8.22. The van der Waals surface area contributed by atoms with E-state index in [1.165, 1.54) is 0 Å². The molecule has 76 valence electrons. The highest BCUT2D eigenvalue weighted by atomic mass is 16.3. The monoisotopic (exact) mass is 200 g/mol. The van der Waals surface area contributed by atoms with Crippen molar-refractivity contribution in [2.45, 2.75) is 6.42 Å². The van der Waals surface area contributed by atoms with Gasteiger partial charge in [0.25, 0.3) is 0 Å². The van der Waals surface area contributed by atoms with E-state index in [-0.39, 0.29) is 5.75 Å². The molecule has 0 atom stereocenters. The van der Waals surface area contributed by atoms with Crippen molar-refractivity contribution in [3.63, 3.8) is 0 Å². The third kappa shape index (κ3) is 2.26. The topological polar surface area (TPSA) is 59.1 Å². The molecule has 0 aliphatic carbocycles. The molecule has 0 radical (unpaired) electrons. The van der Waals surface area contributed by atoms with E-state index in [2.05, 4.69) is 4.98 Å². The molecule has 0 aliphatic rings. The number of hydrogen-bond acceptors (Lipinski definition) is 3. The molecule has 0 bridgehead atoms. The van der Waals surface area contributed by atoms with Crippen LogP contribution in [0.3, 0.4) is 0 Å². The highest BCUT2D eigenvalue weighted by Crippen LogP contribution is 2.17. The minimum atomic E-state index is 0.231. The van der Waals surface area contributed by atoms with E-state index in [4.69, 9.17) is 5.73 Å². The number of rotatable bonds is 2. The largest absolute Gasteiger partial charge is 0.506 e. The van der Waals surface area contributed by atoms with Gasteiger partial charge in [-0.25, -0.2) is 0 Å². The lowest BCUT2D eigenvalue weighted by atomic mass is 10.1. The van der Waals surface area contributed by atoms with Crippen LogP contribution < -0.4 is 5.73 Å². The predicted molar refractivity (Wildman–Crippen MR) is 59.6 cm³/mol. The number of aromatic nitrogens is 1. The first kappa shape index (κ1) is 9.52. The van der Waals surface area contributed by atoms with Gasteiger partial charge in [0, 0.05) is 18.3 Å². The van der Waals surface area contributed by atoms with Crippen molar-refractivity contribution >= 4 is 5.69 Å². The molecule has 0 saturated carbocycles. The van der Waals surface area contributed by atoms with Crippen molar-refractivity contribution in [2.75, 3.05) is 5.73 Å². The Kier molecular flexibility index (Phi) is 2.54. The summed E-state index contributed by atoms with van der Waals surface area (Å²) in [6, 6.07) is 10.9. The Bertz CT molecular complexity index is 451. The summed E-state index contributed by atoms with van der Waals surface area (Å²) < 4.78 is 0. The molecule has 3 heteroatoms. The van der Waals surface area contributed by atoms with Gasteiger partial charge in [-0.05, 0) is 29.8 Å². The first-order valence-electron chi connectivity index (χ1n) is 4.73. The zero-order valence-corrected chi connectivity index (χ0v) is 8.22. The highest BCUT2D eigenvalue weighted by Gasteiger charge is 2.02. The van der Waals surface area contributed by atoms with Gasteiger partial charge in [-0.3, -0.25) is 4.98 Å². The smallest absolute Gasteiger partial charge is 0.137 e. The molecule has 0 aliphatic heterocycles. The summed E-state index contributed by atoms with van der Waals surface area (Å²) in [6.07, 6.45) is 2.29. The second-order valence-electron chi connectivity index (χ2n) is 3.39. The van der Waals surface area contributed by atoms with E-state index in [0.717, 1.165) is 11.3 Å². The van der Waals surface area contributed by atoms with Crippen molar-refractivity contribution in [3.05, 3.63) is 53.9 Å². The zero-order chi connectivity index (χ0) is 10.7. The standard InChI is InChI=1S/C12H12N2O/c13-10-5-3-9(4-6-10)8-11-12(15)2-1-7-14-11/h1-7,15H,8,13H2. The summed E-state index contributed by atoms with van der Waals surface area (Å²) in [5.74, 6) is 0.231. The summed E-state index contributed by atoms with van der Waals surface area (Å²) in [7, 11) is 0. The van der Waals surface area contributed by atoms with Crippen LogP contribution in [0, 0.1) is 0 Å². The van der Waals surface area contributed by atoms with E-state index >= 15 is 0 Å². The molecule has 15 heavy (non-hydrogen) atoms. The van der Waals surface area contributed by atoms with Crippen molar-refractivity contribution in [2.24, 2.45) is 0 Å². The highest BCUT2D eigenvalue weighted by molar-refractivity contribution is 5.41. The quantitative estimate of drug-likeness (QED) is 0.728. The van der Waals surface area contributed by atoms with E-state index in [0.29, 0.717) is 12.1 Å². The molecule has 2 rings (SSSR count). The van der Waals surface area contributed by atoms with Crippen molar-refractivity contribution in [1.29, 1.82) is 0 Å². The van der Waals surface area contributed by atoms with Gasteiger partial charge in [-0.15, -0.1) is 0 Å². The van der Waals surface area contributed by atoms with Crippen molar-refractivity contribution < 1.29 is 5.11 Å². The first-order chi connectivity index (χ1) is 7.25. The van der Waals surface area contributed by atoms with Gasteiger partial charge in [0.2, 0.25) is 0 Å². The van der Waals surface area contributed by atoms with Crippen LogP contribution in [0.5, 0.6) is 5.75 Å². The number of aromatic hydroxyl groups is 1. The summed E-state index contributed by atoms with van der Waals surface area (Å²) in [5, 5.41) is 9.54. The van der Waals surface area contributed by atoms with Crippen LogP contribution in [0.25, 0.3) is 0 Å². The number of nitrogen functional groups attached to an aromatic ring is 1. The average Bonchev–Trinajstić information content (AvgIpc) is 2.25. The Morgan fingerprint density at radius 2 is 1.87 bits per heavy atom. The molecule has 1 heterocycles. The number of pyridine rings is 1. The fourth-order valence-electron chi connectivity index (χ4n) is 1.39. The Morgan fingerprint density at radius 3 is 2.53 bits per heavy atom. The molecule has 0 unspecified atom stereocenters. The normalized spacial score (nSPS) is 10.1. The maximum absolute atomic E-state index is 9.54. The minimum absolute atomic E-state index is 0.231. The second kappa shape index (κ2) is 4.00. The number of hydrogen-bond donors (Lipinski definition) is 2. The average molecular weight is 200 g/mol. The third-order valence-electron chi connectivity index (χ3n) is 2.22. The number of nitrogens with zero attached hydrogens (tertiary/aromatic N) is 1. The number of nitrogens with two attached hydrogens (primary N) is 1. The SMILES string of the molecule is Nc1ccc(Cc2ncccc2O)cc1. The first-order valence-corrected chi connectivity index (χ1v) is 4.73. The van der Waals surface area contributed by atoms with Crippen LogP contribution in [-0.4, -0.2) is 10.1 Å². The molecule has 1 aromatic carbocycles. The fourth-order valence-corrected chi connectivity index (χ4v) is 1.39. The molecular weight excluding hydrogens is 188 g/mol. The summed E-state index contributed by atoms with van der Waals surface area (Å²) in [6.45, 7) is 0. The van der Waals surface area contributed by atoms with Crippen LogP contribution >= 0.6 is 0 Å². The van der Waals surface area contributed by atoms with Crippen LogP contribution in [-0.2, 0) is 6.42 Å². The molecule has 0 amide bonds. The van der Waals surface area contributed by atoms with Gasteiger partial charge < -0.3 is 10.8 Å². The van der Waals surface area contributed by atoms with E-state index < -0.39 is 0 Å². The van der Waals surface area contributed by atoms with Crippen LogP contribution in [0.15, 0.2) is 42.6 Å². The predicted octanol–water partition coefficient (Wildman–Crippen LogP) is 1.96. The van der Waals surface area contributed by atoms with Gasteiger partial charge in [0.05, 0.1) is 5.69 Å². The van der Waals surface area contributed by atoms with E-state index in [1.54, 1.807) is 18.3 Å². The Balaban J connectivity index is 2.22. The molecule has 0 saturated heterocycles.